The van der Waals surface area contributed by atoms with Crippen LogP contribution in [0.5, 0.6) is 11.5 Å². The summed E-state index contributed by atoms with van der Waals surface area (Å²) in [5.74, 6) is -1.13. The highest BCUT2D eigenvalue weighted by Gasteiger charge is 2.28. The number of anilines is 3. The monoisotopic (exact) mass is 633 g/mol. The van der Waals surface area contributed by atoms with E-state index in [1.165, 1.54) is 33.1 Å². The molecule has 1 aromatic heterocycles. The van der Waals surface area contributed by atoms with Crippen LogP contribution in [0.2, 0.25) is 0 Å². The predicted octanol–water partition coefficient (Wildman–Crippen LogP) is 6.48. The molecular weight excluding hydrogens is 603 g/mol. The number of thiophene rings is 1. The molecule has 44 heavy (non-hydrogen) atoms. The van der Waals surface area contributed by atoms with E-state index in [2.05, 4.69) is 16.0 Å². The van der Waals surface area contributed by atoms with Crippen molar-refractivity contribution in [2.45, 2.75) is 24.0 Å². The van der Waals surface area contributed by atoms with Crippen LogP contribution in [0.15, 0.2) is 77.7 Å². The van der Waals surface area contributed by atoms with Gasteiger partial charge >= 0.3 is 5.97 Å². The molecular formula is C32H31N3O7S2. The second kappa shape index (κ2) is 14.6. The third-order valence-electron chi connectivity index (χ3n) is 6.44. The van der Waals surface area contributed by atoms with Gasteiger partial charge in [0.15, 0.2) is 0 Å². The van der Waals surface area contributed by atoms with E-state index in [0.717, 1.165) is 16.2 Å². The van der Waals surface area contributed by atoms with Gasteiger partial charge in [-0.05, 0) is 61.9 Å². The highest BCUT2D eigenvalue weighted by atomic mass is 32.2. The van der Waals surface area contributed by atoms with Crippen LogP contribution < -0.4 is 25.4 Å². The molecule has 0 saturated heterocycles. The number of hydrogen-bond acceptors (Lipinski definition) is 9. The molecule has 0 spiro atoms. The number of benzene rings is 3. The molecule has 3 N–H and O–H groups in total. The number of carbonyl (C=O) groups is 4. The van der Waals surface area contributed by atoms with Gasteiger partial charge in [-0.25, -0.2) is 4.79 Å². The molecule has 3 amide bonds. The van der Waals surface area contributed by atoms with Crippen LogP contribution in [0, 0.1) is 6.92 Å². The Kier molecular flexibility index (Phi) is 10.6. The maximum absolute atomic E-state index is 13.3. The highest BCUT2D eigenvalue weighted by molar-refractivity contribution is 8.00. The average molecular weight is 634 g/mol. The number of ether oxygens (including phenoxy) is 3. The van der Waals surface area contributed by atoms with Crippen LogP contribution >= 0.6 is 23.1 Å². The molecule has 1 heterocycles. The maximum atomic E-state index is 13.3. The van der Waals surface area contributed by atoms with Crippen molar-refractivity contribution in [3.8, 4) is 11.5 Å². The largest absolute Gasteiger partial charge is 0.496 e. The number of amides is 3. The topological polar surface area (TPSA) is 132 Å². The van der Waals surface area contributed by atoms with Crippen LogP contribution in [0.3, 0.4) is 0 Å². The van der Waals surface area contributed by atoms with E-state index in [-0.39, 0.29) is 26.9 Å². The van der Waals surface area contributed by atoms with Gasteiger partial charge in [0.1, 0.15) is 22.1 Å². The van der Waals surface area contributed by atoms with E-state index >= 15 is 0 Å². The molecule has 0 aliphatic heterocycles. The molecule has 228 valence electrons. The van der Waals surface area contributed by atoms with Gasteiger partial charge in [-0.2, -0.15) is 0 Å². The van der Waals surface area contributed by atoms with Crippen LogP contribution in [-0.2, 0) is 9.53 Å². The van der Waals surface area contributed by atoms with Gasteiger partial charge in [-0.1, -0.05) is 30.3 Å². The minimum absolute atomic E-state index is 0.123. The minimum atomic E-state index is -0.664. The van der Waals surface area contributed by atoms with E-state index in [0.29, 0.717) is 28.4 Å². The lowest BCUT2D eigenvalue weighted by atomic mass is 10.1. The standard InChI is InChI=1S/C32H31N3O7S2/c1-18-25(32(39)42-5)31(44-27(18)30(38)33-20-11-7-6-8-12-20)35-28(36)19(2)43-22-14-9-13-21(17-22)34-29(37)26-23(40-3)15-10-16-24(26)41-4/h6-17,19H,1-5H3,(H,33,38)(H,34,37)(H,35,36). The molecule has 0 fully saturated rings. The lowest BCUT2D eigenvalue weighted by molar-refractivity contribution is -0.115. The van der Waals surface area contributed by atoms with Crippen LogP contribution in [0.25, 0.3) is 0 Å². The number of carbonyl (C=O) groups excluding carboxylic acids is 4. The van der Waals surface area contributed by atoms with Gasteiger partial charge in [0.2, 0.25) is 5.91 Å². The van der Waals surface area contributed by atoms with Gasteiger partial charge in [-0.3, -0.25) is 14.4 Å². The molecule has 0 bridgehead atoms. The summed E-state index contributed by atoms with van der Waals surface area (Å²) in [6.45, 7) is 3.35. The summed E-state index contributed by atoms with van der Waals surface area (Å²) >= 11 is 2.26. The lowest BCUT2D eigenvalue weighted by Gasteiger charge is -2.14. The van der Waals surface area contributed by atoms with Crippen molar-refractivity contribution < 1.29 is 33.4 Å². The molecule has 0 aliphatic rings. The molecule has 0 saturated carbocycles. The summed E-state index contributed by atoms with van der Waals surface area (Å²) in [4.78, 5) is 53.0. The molecule has 1 unspecified atom stereocenters. The smallest absolute Gasteiger partial charge is 0.341 e. The van der Waals surface area contributed by atoms with Crippen molar-refractivity contribution in [2.75, 3.05) is 37.3 Å². The third kappa shape index (κ3) is 7.39. The van der Waals surface area contributed by atoms with E-state index in [1.54, 1.807) is 74.5 Å². The minimum Gasteiger partial charge on any atom is -0.496 e. The van der Waals surface area contributed by atoms with E-state index in [9.17, 15) is 19.2 Å². The fourth-order valence-corrected chi connectivity index (χ4v) is 6.28. The van der Waals surface area contributed by atoms with Crippen molar-refractivity contribution >= 4 is 63.2 Å². The number of para-hydroxylation sites is 1. The number of thioether (sulfide) groups is 1. The average Bonchev–Trinajstić information content (AvgIpc) is 3.35. The second-order valence-electron chi connectivity index (χ2n) is 9.34. The van der Waals surface area contributed by atoms with E-state index in [4.69, 9.17) is 14.2 Å². The highest BCUT2D eigenvalue weighted by Crippen LogP contribution is 2.36. The second-order valence-corrected chi connectivity index (χ2v) is 11.8. The number of hydrogen-bond donors (Lipinski definition) is 3. The summed E-state index contributed by atoms with van der Waals surface area (Å²) in [6, 6.07) is 21.0. The number of rotatable bonds is 11. The van der Waals surface area contributed by atoms with E-state index in [1.807, 2.05) is 12.1 Å². The summed E-state index contributed by atoms with van der Waals surface area (Å²) in [6.07, 6.45) is 0. The SMILES string of the molecule is COC(=O)c1c(NC(=O)C(C)Sc2cccc(NC(=O)c3c(OC)cccc3OC)c2)sc(C(=O)Nc2ccccc2)c1C. The Balaban J connectivity index is 1.48. The van der Waals surface area contributed by atoms with E-state index < -0.39 is 23.0 Å². The number of esters is 1. The Morgan fingerprint density at radius 3 is 2.00 bits per heavy atom. The first kappa shape index (κ1) is 32.1. The summed E-state index contributed by atoms with van der Waals surface area (Å²) in [5, 5.41) is 8.07. The first-order valence-corrected chi connectivity index (χ1v) is 15.0. The van der Waals surface area contributed by atoms with Gasteiger partial charge in [-0.15, -0.1) is 23.1 Å². The maximum Gasteiger partial charge on any atom is 0.341 e. The molecule has 12 heteroatoms. The normalized spacial score (nSPS) is 11.2. The van der Waals surface area contributed by atoms with Crippen molar-refractivity contribution in [1.82, 2.24) is 0 Å². The van der Waals surface area contributed by atoms with Crippen LogP contribution in [-0.4, -0.2) is 50.3 Å². The van der Waals surface area contributed by atoms with Gasteiger partial charge in [0, 0.05) is 16.3 Å². The number of nitrogens with one attached hydrogen (secondary N) is 3. The Bertz CT molecular complexity index is 1670. The van der Waals surface area contributed by atoms with Gasteiger partial charge in [0.25, 0.3) is 11.8 Å². The van der Waals surface area contributed by atoms with Gasteiger partial charge < -0.3 is 30.2 Å². The molecule has 1 atom stereocenters. The predicted molar refractivity (Wildman–Crippen MR) is 173 cm³/mol. The first-order valence-electron chi connectivity index (χ1n) is 13.3. The Hall–Kier alpha value is -4.81. The molecule has 0 radical (unpaired) electrons. The fraction of sp³-hybridized carbons (Fsp3) is 0.188. The molecule has 4 aromatic rings. The summed E-state index contributed by atoms with van der Waals surface area (Å²) < 4.78 is 15.6. The number of methoxy groups -OCH3 is 3. The fourth-order valence-electron chi connectivity index (χ4n) is 4.26. The molecule has 3 aromatic carbocycles. The van der Waals surface area contributed by atoms with Crippen LogP contribution in [0.4, 0.5) is 16.4 Å². The van der Waals surface area contributed by atoms with Crippen molar-refractivity contribution in [3.63, 3.8) is 0 Å². The molecule has 4 rings (SSSR count). The molecule has 10 nitrogen and oxygen atoms in total. The zero-order chi connectivity index (χ0) is 31.8. The Morgan fingerprint density at radius 2 is 1.36 bits per heavy atom. The van der Waals surface area contributed by atoms with Crippen molar-refractivity contribution in [1.29, 1.82) is 0 Å². The van der Waals surface area contributed by atoms with Crippen LogP contribution in [0.1, 0.15) is 42.9 Å². The Morgan fingerprint density at radius 1 is 0.750 bits per heavy atom. The lowest BCUT2D eigenvalue weighted by Crippen LogP contribution is -2.23. The quantitative estimate of drug-likeness (QED) is 0.126. The third-order valence-corrected chi connectivity index (χ3v) is 8.74. The summed E-state index contributed by atoms with van der Waals surface area (Å²) in [5.41, 5.74) is 1.89. The Labute approximate surface area is 263 Å². The van der Waals surface area contributed by atoms with Crippen molar-refractivity contribution in [2.24, 2.45) is 0 Å². The first-order chi connectivity index (χ1) is 21.2. The summed E-state index contributed by atoms with van der Waals surface area (Å²) in [7, 11) is 4.19. The van der Waals surface area contributed by atoms with Gasteiger partial charge in [0.05, 0.1) is 37.0 Å². The van der Waals surface area contributed by atoms with Crippen molar-refractivity contribution in [3.05, 3.63) is 94.4 Å². The molecule has 0 aliphatic carbocycles. The zero-order valence-electron chi connectivity index (χ0n) is 24.7. The zero-order valence-corrected chi connectivity index (χ0v) is 26.3.